The van der Waals surface area contributed by atoms with Gasteiger partial charge in [0.05, 0.1) is 6.21 Å². The van der Waals surface area contributed by atoms with Gasteiger partial charge in [0.25, 0.3) is 0 Å². The van der Waals surface area contributed by atoms with Crippen LogP contribution in [0.2, 0.25) is 0 Å². The van der Waals surface area contributed by atoms with Crippen molar-refractivity contribution in [1.29, 1.82) is 0 Å². The van der Waals surface area contributed by atoms with E-state index in [0.29, 0.717) is 0 Å². The Morgan fingerprint density at radius 1 is 0.842 bits per heavy atom. The van der Waals surface area contributed by atoms with Gasteiger partial charge < -0.3 is 0 Å². The van der Waals surface area contributed by atoms with E-state index in [4.69, 9.17) is 0 Å². The van der Waals surface area contributed by atoms with Crippen LogP contribution in [0.4, 0.5) is 0 Å². The summed E-state index contributed by atoms with van der Waals surface area (Å²) < 4.78 is 0. The topological polar surface area (TPSA) is 15.6 Å². The molecule has 1 saturated heterocycles. The molecule has 0 atom stereocenters. The summed E-state index contributed by atoms with van der Waals surface area (Å²) in [5.41, 5.74) is 1.21. The van der Waals surface area contributed by atoms with Gasteiger partial charge in [-0.1, -0.05) is 55.3 Å². The van der Waals surface area contributed by atoms with Crippen LogP contribution in [0, 0.1) is 0 Å². The van der Waals surface area contributed by atoms with Crippen LogP contribution in [0.3, 0.4) is 0 Å². The summed E-state index contributed by atoms with van der Waals surface area (Å²) in [5, 5.41) is 9.45. The van der Waals surface area contributed by atoms with Crippen molar-refractivity contribution in [3.8, 4) is 0 Å². The van der Waals surface area contributed by atoms with Crippen molar-refractivity contribution in [2.45, 2.75) is 25.7 Å². The fourth-order valence-electron chi connectivity index (χ4n) is 2.68. The molecule has 1 fully saturated rings. The van der Waals surface area contributed by atoms with Gasteiger partial charge in [-0.2, -0.15) is 5.10 Å². The third-order valence-electron chi connectivity index (χ3n) is 3.77. The van der Waals surface area contributed by atoms with Crippen LogP contribution in [0.1, 0.15) is 31.2 Å². The molecule has 0 N–H and O–H groups in total. The Bertz CT molecular complexity index is 561. The molecule has 0 spiro atoms. The predicted octanol–water partition coefficient (Wildman–Crippen LogP) is 4.05. The number of nitrogens with zero attached hydrogens (tertiary/aromatic N) is 2. The van der Waals surface area contributed by atoms with Crippen molar-refractivity contribution >= 4 is 17.0 Å². The zero-order valence-electron chi connectivity index (χ0n) is 11.3. The van der Waals surface area contributed by atoms with E-state index < -0.39 is 0 Å². The number of fused-ring (bicyclic) bond motifs is 1. The number of benzene rings is 2. The van der Waals surface area contributed by atoms with E-state index in [1.54, 1.807) is 0 Å². The van der Waals surface area contributed by atoms with Crippen LogP contribution in [-0.4, -0.2) is 24.3 Å². The van der Waals surface area contributed by atoms with Crippen molar-refractivity contribution in [1.82, 2.24) is 5.01 Å². The minimum absolute atomic E-state index is 1.10. The summed E-state index contributed by atoms with van der Waals surface area (Å²) in [6.45, 7) is 2.20. The molecule has 1 heterocycles. The Morgan fingerprint density at radius 3 is 2.42 bits per heavy atom. The minimum Gasteiger partial charge on any atom is -0.297 e. The summed E-state index contributed by atoms with van der Waals surface area (Å²) in [7, 11) is 0. The molecular weight excluding hydrogens is 232 g/mol. The number of hydrogen-bond acceptors (Lipinski definition) is 2. The molecule has 0 aromatic heterocycles. The van der Waals surface area contributed by atoms with Crippen LogP contribution in [0.25, 0.3) is 10.8 Å². The first-order valence-corrected chi connectivity index (χ1v) is 7.20. The zero-order valence-corrected chi connectivity index (χ0v) is 11.3. The van der Waals surface area contributed by atoms with Gasteiger partial charge in [-0.05, 0) is 23.6 Å². The molecule has 1 aliphatic heterocycles. The fourth-order valence-corrected chi connectivity index (χ4v) is 2.68. The molecule has 0 amide bonds. The third-order valence-corrected chi connectivity index (χ3v) is 3.77. The molecule has 98 valence electrons. The van der Waals surface area contributed by atoms with E-state index in [-0.39, 0.29) is 0 Å². The molecule has 2 heteroatoms. The molecule has 3 rings (SSSR count). The molecule has 19 heavy (non-hydrogen) atoms. The smallest absolute Gasteiger partial charge is 0.0549 e. The third kappa shape index (κ3) is 2.95. The van der Waals surface area contributed by atoms with Crippen LogP contribution in [-0.2, 0) is 0 Å². The van der Waals surface area contributed by atoms with Crippen LogP contribution in [0.5, 0.6) is 0 Å². The molecule has 2 aromatic carbocycles. The predicted molar refractivity (Wildman–Crippen MR) is 81.6 cm³/mol. The second-order valence-corrected chi connectivity index (χ2v) is 5.18. The van der Waals surface area contributed by atoms with E-state index in [0.717, 1.165) is 13.1 Å². The Kier molecular flexibility index (Phi) is 3.78. The van der Waals surface area contributed by atoms with Crippen LogP contribution in [0.15, 0.2) is 47.6 Å². The number of hydrazone groups is 1. The molecule has 0 saturated carbocycles. The van der Waals surface area contributed by atoms with Gasteiger partial charge in [0, 0.05) is 18.7 Å². The molecule has 0 bridgehead atoms. The lowest BCUT2D eigenvalue weighted by Gasteiger charge is -2.15. The maximum Gasteiger partial charge on any atom is 0.0549 e. The maximum atomic E-state index is 4.67. The maximum absolute atomic E-state index is 4.67. The Hall–Kier alpha value is -1.83. The number of hydrogen-bond donors (Lipinski definition) is 0. The highest BCUT2D eigenvalue weighted by Crippen LogP contribution is 2.17. The highest BCUT2D eigenvalue weighted by molar-refractivity contribution is 5.99. The lowest BCUT2D eigenvalue weighted by molar-refractivity contribution is 0.302. The van der Waals surface area contributed by atoms with Crippen molar-refractivity contribution in [3.05, 3.63) is 48.0 Å². The Balaban J connectivity index is 1.84. The molecule has 0 aliphatic carbocycles. The molecule has 0 radical (unpaired) electrons. The summed E-state index contributed by atoms with van der Waals surface area (Å²) in [6, 6.07) is 14.9. The van der Waals surface area contributed by atoms with Crippen LogP contribution < -0.4 is 0 Å². The van der Waals surface area contributed by atoms with Gasteiger partial charge >= 0.3 is 0 Å². The van der Waals surface area contributed by atoms with Crippen molar-refractivity contribution in [2.24, 2.45) is 5.10 Å². The molecule has 2 aromatic rings. The number of rotatable bonds is 2. The second kappa shape index (κ2) is 5.87. The van der Waals surface area contributed by atoms with Crippen molar-refractivity contribution in [2.75, 3.05) is 13.1 Å². The van der Waals surface area contributed by atoms with E-state index in [1.165, 1.54) is 42.0 Å². The van der Waals surface area contributed by atoms with Gasteiger partial charge in [0.2, 0.25) is 0 Å². The highest BCUT2D eigenvalue weighted by Gasteiger charge is 2.05. The monoisotopic (exact) mass is 252 g/mol. The zero-order chi connectivity index (χ0) is 12.9. The van der Waals surface area contributed by atoms with Gasteiger partial charge in [0.1, 0.15) is 0 Å². The standard InChI is InChI=1S/C17H20N2/c1-2-6-13-19(12-5-1)18-14-16-10-7-9-15-8-3-4-11-17(15)16/h3-4,7-11,14H,1-2,5-6,12-13H2/b18-14+. The molecule has 0 unspecified atom stereocenters. The SMILES string of the molecule is C(=N\N1CCCCCC1)/c1cccc2ccccc12. The summed E-state index contributed by atoms with van der Waals surface area (Å²) in [6.07, 6.45) is 7.26. The normalized spacial score (nSPS) is 16.9. The lowest BCUT2D eigenvalue weighted by Crippen LogP contribution is -2.18. The van der Waals surface area contributed by atoms with Crippen LogP contribution >= 0.6 is 0 Å². The summed E-state index contributed by atoms with van der Waals surface area (Å²) in [4.78, 5) is 0. The van der Waals surface area contributed by atoms with Gasteiger partial charge in [-0.3, -0.25) is 5.01 Å². The summed E-state index contributed by atoms with van der Waals surface area (Å²) >= 11 is 0. The average molecular weight is 252 g/mol. The lowest BCUT2D eigenvalue weighted by atomic mass is 10.1. The van der Waals surface area contributed by atoms with E-state index >= 15 is 0 Å². The fraction of sp³-hybridized carbons (Fsp3) is 0.353. The van der Waals surface area contributed by atoms with E-state index in [2.05, 4.69) is 52.6 Å². The van der Waals surface area contributed by atoms with Crippen molar-refractivity contribution in [3.63, 3.8) is 0 Å². The Labute approximate surface area is 114 Å². The minimum atomic E-state index is 1.10. The summed E-state index contributed by atoms with van der Waals surface area (Å²) in [5.74, 6) is 0. The highest BCUT2D eigenvalue weighted by atomic mass is 15.4. The molecular formula is C17H20N2. The van der Waals surface area contributed by atoms with E-state index in [9.17, 15) is 0 Å². The first kappa shape index (κ1) is 12.2. The molecule has 1 aliphatic rings. The Morgan fingerprint density at radius 2 is 1.58 bits per heavy atom. The molecule has 2 nitrogen and oxygen atoms in total. The first-order valence-electron chi connectivity index (χ1n) is 7.20. The quantitative estimate of drug-likeness (QED) is 0.736. The van der Waals surface area contributed by atoms with E-state index in [1.807, 2.05) is 6.21 Å². The van der Waals surface area contributed by atoms with Gasteiger partial charge in [0.15, 0.2) is 0 Å². The van der Waals surface area contributed by atoms with Crippen molar-refractivity contribution < 1.29 is 0 Å². The average Bonchev–Trinajstić information content (AvgIpc) is 2.74. The second-order valence-electron chi connectivity index (χ2n) is 5.18. The van der Waals surface area contributed by atoms with Gasteiger partial charge in [-0.25, -0.2) is 0 Å². The largest absolute Gasteiger partial charge is 0.297 e. The van der Waals surface area contributed by atoms with Gasteiger partial charge in [-0.15, -0.1) is 0 Å². The first-order chi connectivity index (χ1) is 9.43.